The maximum atomic E-state index is 11.8. The number of hydrogen-bond acceptors (Lipinski definition) is 4. The van der Waals surface area contributed by atoms with Gasteiger partial charge in [0.05, 0.1) is 7.11 Å². The number of nitrogens with zero attached hydrogens (tertiary/aromatic N) is 1. The van der Waals surface area contributed by atoms with Crippen LogP contribution in [0.25, 0.3) is 10.8 Å². The van der Waals surface area contributed by atoms with Gasteiger partial charge in [-0.15, -0.1) is 0 Å². The standard InChI is InChI=1S/C15H17IN2O3/c1-15(2,3)21-14(19)18-9-5-6-10-11(7-9)12(16)8-17-13(10)20-4/h5-8H,1-4H3,(H,18,19). The molecular formula is C15H17IN2O3. The van der Waals surface area contributed by atoms with Gasteiger partial charge in [0.1, 0.15) is 5.60 Å². The molecule has 112 valence electrons. The number of ether oxygens (including phenoxy) is 2. The molecule has 0 atom stereocenters. The minimum absolute atomic E-state index is 0.474. The number of methoxy groups -OCH3 is 1. The normalized spacial score (nSPS) is 11.3. The highest BCUT2D eigenvalue weighted by Gasteiger charge is 2.16. The van der Waals surface area contributed by atoms with E-state index in [0.29, 0.717) is 11.6 Å². The summed E-state index contributed by atoms with van der Waals surface area (Å²) in [5, 5.41) is 4.60. The van der Waals surface area contributed by atoms with E-state index >= 15 is 0 Å². The van der Waals surface area contributed by atoms with E-state index in [4.69, 9.17) is 9.47 Å². The van der Waals surface area contributed by atoms with Crippen molar-refractivity contribution in [3.05, 3.63) is 28.0 Å². The fourth-order valence-corrected chi connectivity index (χ4v) is 2.43. The van der Waals surface area contributed by atoms with Gasteiger partial charge in [-0.2, -0.15) is 0 Å². The first-order valence-electron chi connectivity index (χ1n) is 6.42. The first-order chi connectivity index (χ1) is 9.80. The Kier molecular flexibility index (Phi) is 4.55. The molecule has 0 aliphatic carbocycles. The third-order valence-corrected chi connectivity index (χ3v) is 3.50. The van der Waals surface area contributed by atoms with Crippen molar-refractivity contribution in [1.82, 2.24) is 4.98 Å². The molecule has 0 saturated carbocycles. The Balaban J connectivity index is 2.31. The predicted molar refractivity (Wildman–Crippen MR) is 90.9 cm³/mol. The van der Waals surface area contributed by atoms with Crippen LogP contribution in [0.5, 0.6) is 5.88 Å². The van der Waals surface area contributed by atoms with Crippen LogP contribution in [-0.4, -0.2) is 23.8 Å². The lowest BCUT2D eigenvalue weighted by Crippen LogP contribution is -2.27. The SMILES string of the molecule is COc1ncc(I)c2cc(NC(=O)OC(C)(C)C)ccc12. The molecule has 6 heteroatoms. The second kappa shape index (κ2) is 6.05. The molecule has 2 rings (SSSR count). The first kappa shape index (κ1) is 15.8. The zero-order valence-electron chi connectivity index (χ0n) is 12.4. The van der Waals surface area contributed by atoms with Gasteiger partial charge in [-0.05, 0) is 61.6 Å². The lowest BCUT2D eigenvalue weighted by molar-refractivity contribution is 0.0636. The number of carbonyl (C=O) groups is 1. The Bertz CT molecular complexity index is 680. The minimum Gasteiger partial charge on any atom is -0.481 e. The molecule has 1 aromatic heterocycles. The van der Waals surface area contributed by atoms with Gasteiger partial charge >= 0.3 is 6.09 Å². The molecule has 1 amide bonds. The van der Waals surface area contributed by atoms with Gasteiger partial charge in [-0.25, -0.2) is 9.78 Å². The van der Waals surface area contributed by atoms with Crippen LogP contribution in [-0.2, 0) is 4.74 Å². The van der Waals surface area contributed by atoms with Crippen molar-refractivity contribution in [2.24, 2.45) is 0 Å². The van der Waals surface area contributed by atoms with Crippen LogP contribution < -0.4 is 10.1 Å². The average molecular weight is 400 g/mol. The Morgan fingerprint density at radius 1 is 1.29 bits per heavy atom. The van der Waals surface area contributed by atoms with Crippen LogP contribution in [0.1, 0.15) is 20.8 Å². The van der Waals surface area contributed by atoms with Crippen molar-refractivity contribution in [2.45, 2.75) is 26.4 Å². The fourth-order valence-electron chi connectivity index (χ4n) is 1.84. The number of anilines is 1. The van der Waals surface area contributed by atoms with E-state index in [1.165, 1.54) is 0 Å². The van der Waals surface area contributed by atoms with E-state index in [1.807, 2.05) is 32.9 Å². The first-order valence-corrected chi connectivity index (χ1v) is 7.50. The van der Waals surface area contributed by atoms with Gasteiger partial charge in [0.2, 0.25) is 5.88 Å². The molecule has 0 saturated heterocycles. The van der Waals surface area contributed by atoms with Gasteiger partial charge < -0.3 is 9.47 Å². The zero-order valence-corrected chi connectivity index (χ0v) is 14.5. The van der Waals surface area contributed by atoms with Gasteiger partial charge in [-0.1, -0.05) is 0 Å². The van der Waals surface area contributed by atoms with Gasteiger partial charge in [0, 0.05) is 26.2 Å². The largest absolute Gasteiger partial charge is 0.481 e. The molecule has 0 fully saturated rings. The molecule has 0 aliphatic heterocycles. The fraction of sp³-hybridized carbons (Fsp3) is 0.333. The number of nitrogens with one attached hydrogen (secondary N) is 1. The molecule has 0 radical (unpaired) electrons. The van der Waals surface area contributed by atoms with E-state index in [-0.39, 0.29) is 0 Å². The number of pyridine rings is 1. The highest BCUT2D eigenvalue weighted by Crippen LogP contribution is 2.29. The lowest BCUT2D eigenvalue weighted by Gasteiger charge is -2.19. The molecule has 5 nitrogen and oxygen atoms in total. The van der Waals surface area contributed by atoms with Gasteiger partial charge in [-0.3, -0.25) is 5.32 Å². The minimum atomic E-state index is -0.525. The Labute approximate surface area is 137 Å². The molecule has 2 aromatic rings. The van der Waals surface area contributed by atoms with Crippen LogP contribution in [0.4, 0.5) is 10.5 Å². The number of carbonyl (C=O) groups excluding carboxylic acids is 1. The highest BCUT2D eigenvalue weighted by atomic mass is 127. The number of benzene rings is 1. The quantitative estimate of drug-likeness (QED) is 0.768. The van der Waals surface area contributed by atoms with Gasteiger partial charge in [0.25, 0.3) is 0 Å². The molecule has 0 aliphatic rings. The Morgan fingerprint density at radius 2 is 2.00 bits per heavy atom. The number of aromatic nitrogens is 1. The van der Waals surface area contributed by atoms with Crippen molar-refractivity contribution >= 4 is 45.1 Å². The van der Waals surface area contributed by atoms with Crippen LogP contribution in [0.2, 0.25) is 0 Å². The number of hydrogen-bond donors (Lipinski definition) is 1. The zero-order chi connectivity index (χ0) is 15.6. The third kappa shape index (κ3) is 3.96. The van der Waals surface area contributed by atoms with Crippen LogP contribution >= 0.6 is 22.6 Å². The summed E-state index contributed by atoms with van der Waals surface area (Å²) < 4.78 is 11.5. The molecule has 1 aromatic carbocycles. The number of rotatable bonds is 2. The van der Waals surface area contributed by atoms with Crippen molar-refractivity contribution in [3.8, 4) is 5.88 Å². The van der Waals surface area contributed by atoms with Gasteiger partial charge in [0.15, 0.2) is 0 Å². The molecule has 1 N–H and O–H groups in total. The van der Waals surface area contributed by atoms with E-state index in [0.717, 1.165) is 14.3 Å². The maximum absolute atomic E-state index is 11.8. The lowest BCUT2D eigenvalue weighted by atomic mass is 10.1. The molecule has 21 heavy (non-hydrogen) atoms. The molecule has 0 spiro atoms. The van der Waals surface area contributed by atoms with Crippen molar-refractivity contribution in [2.75, 3.05) is 12.4 Å². The third-order valence-electron chi connectivity index (χ3n) is 2.64. The van der Waals surface area contributed by atoms with E-state index < -0.39 is 11.7 Å². The van der Waals surface area contributed by atoms with Crippen molar-refractivity contribution in [1.29, 1.82) is 0 Å². The summed E-state index contributed by atoms with van der Waals surface area (Å²) in [6.07, 6.45) is 1.26. The van der Waals surface area contributed by atoms with Crippen molar-refractivity contribution in [3.63, 3.8) is 0 Å². The second-order valence-corrected chi connectivity index (χ2v) is 6.66. The molecule has 0 unspecified atom stereocenters. The second-order valence-electron chi connectivity index (χ2n) is 5.50. The van der Waals surface area contributed by atoms with E-state index in [1.54, 1.807) is 19.4 Å². The Hall–Kier alpha value is -1.57. The number of halogens is 1. The van der Waals surface area contributed by atoms with Crippen LogP contribution in [0, 0.1) is 3.57 Å². The summed E-state index contributed by atoms with van der Waals surface area (Å²) in [4.78, 5) is 16.0. The highest BCUT2D eigenvalue weighted by molar-refractivity contribution is 14.1. The monoisotopic (exact) mass is 400 g/mol. The molecule has 1 heterocycles. The van der Waals surface area contributed by atoms with E-state index in [9.17, 15) is 4.79 Å². The topological polar surface area (TPSA) is 60.5 Å². The predicted octanol–water partition coefficient (Wildman–Crippen LogP) is 4.20. The summed E-state index contributed by atoms with van der Waals surface area (Å²) >= 11 is 2.20. The summed E-state index contributed by atoms with van der Waals surface area (Å²) in [6, 6.07) is 5.55. The van der Waals surface area contributed by atoms with E-state index in [2.05, 4.69) is 32.9 Å². The number of amides is 1. The molecular weight excluding hydrogens is 383 g/mol. The number of fused-ring (bicyclic) bond motifs is 1. The van der Waals surface area contributed by atoms with Crippen LogP contribution in [0.15, 0.2) is 24.4 Å². The summed E-state index contributed by atoms with van der Waals surface area (Å²) in [5.41, 5.74) is 0.144. The smallest absolute Gasteiger partial charge is 0.412 e. The Morgan fingerprint density at radius 3 is 2.62 bits per heavy atom. The van der Waals surface area contributed by atoms with Crippen LogP contribution in [0.3, 0.4) is 0 Å². The summed E-state index contributed by atoms with van der Waals surface area (Å²) in [5.74, 6) is 0.564. The molecule has 0 bridgehead atoms. The summed E-state index contributed by atoms with van der Waals surface area (Å²) in [7, 11) is 1.58. The maximum Gasteiger partial charge on any atom is 0.412 e. The summed E-state index contributed by atoms with van der Waals surface area (Å²) in [6.45, 7) is 5.48. The van der Waals surface area contributed by atoms with Crippen molar-refractivity contribution < 1.29 is 14.3 Å². The average Bonchev–Trinajstić information content (AvgIpc) is 2.37.